The van der Waals surface area contributed by atoms with Gasteiger partial charge in [0.05, 0.1) is 25.4 Å². The molecule has 0 radical (unpaired) electrons. The molecule has 8 N–H and O–H groups in total. The summed E-state index contributed by atoms with van der Waals surface area (Å²) in [6.07, 6.45) is 39.1. The monoisotopic (exact) mass is 910 g/mol. The van der Waals surface area contributed by atoms with Crippen molar-refractivity contribution < 1.29 is 50.0 Å². The predicted molar refractivity (Wildman–Crippen MR) is 261 cm³/mol. The molecule has 1 aliphatic rings. The average molecular weight is 910 g/mol. The van der Waals surface area contributed by atoms with Gasteiger partial charge >= 0.3 is 0 Å². The molecule has 64 heavy (non-hydrogen) atoms. The van der Waals surface area contributed by atoms with Crippen LogP contribution in [0.25, 0.3) is 0 Å². The molecule has 1 saturated heterocycles. The van der Waals surface area contributed by atoms with E-state index in [-0.39, 0.29) is 12.8 Å². The topological polar surface area (TPSA) is 189 Å². The minimum absolute atomic E-state index is 0.235. The number of nitrogens with one attached hydrogen (secondary N) is 1. The number of allylic oxidation sites excluding steroid dienone is 6. The van der Waals surface area contributed by atoms with Gasteiger partial charge in [-0.25, -0.2) is 0 Å². The summed E-state index contributed by atoms with van der Waals surface area (Å²) in [5, 5.41) is 75.8. The van der Waals surface area contributed by atoms with Crippen LogP contribution in [-0.2, 0) is 14.3 Å². The van der Waals surface area contributed by atoms with Crippen LogP contribution < -0.4 is 5.32 Å². The number of amides is 1. The Labute approximate surface area is 390 Å². The Bertz CT molecular complexity index is 1130. The van der Waals surface area contributed by atoms with Crippen LogP contribution in [0.3, 0.4) is 0 Å². The van der Waals surface area contributed by atoms with Gasteiger partial charge < -0.3 is 50.5 Å². The number of unbranched alkanes of at least 4 members (excludes halogenated alkanes) is 27. The minimum atomic E-state index is -1.67. The molecular weight excluding hydrogens is 811 g/mol. The maximum atomic E-state index is 13.1. The molecule has 11 nitrogen and oxygen atoms in total. The summed E-state index contributed by atoms with van der Waals surface area (Å²) in [4.78, 5) is 13.1. The van der Waals surface area contributed by atoms with Gasteiger partial charge in [0.15, 0.2) is 6.29 Å². The first-order chi connectivity index (χ1) is 31.2. The lowest BCUT2D eigenvalue weighted by Gasteiger charge is -2.40. The summed E-state index contributed by atoms with van der Waals surface area (Å²) in [6.45, 7) is 3.40. The molecule has 9 unspecified atom stereocenters. The standard InChI is InChI=1S/C53H99NO10/c1-3-5-7-9-11-13-15-17-19-20-21-22-23-24-25-26-27-29-30-32-34-36-38-40-45(56)48(58)44(43-63-53-51(61)50(60)49(59)47(42-55)64-53)54-52(62)46(57)41-39-37-35-33-31-28-18-16-14-12-10-8-6-4-2/h12,14,16,18,32,34,44-51,53,55-61H,3-11,13,15,17,19-31,33,35-43H2,1-2H3,(H,54,62)/b14-12-,18-16-,34-32+. The fourth-order valence-electron chi connectivity index (χ4n) is 8.31. The Morgan fingerprint density at radius 1 is 0.547 bits per heavy atom. The van der Waals surface area contributed by atoms with Crippen LogP contribution in [0, 0.1) is 0 Å². The molecule has 1 rings (SSSR count). The molecule has 0 aliphatic carbocycles. The number of hydrogen-bond donors (Lipinski definition) is 8. The van der Waals surface area contributed by atoms with E-state index in [1.807, 2.05) is 0 Å². The minimum Gasteiger partial charge on any atom is -0.394 e. The van der Waals surface area contributed by atoms with Gasteiger partial charge in [-0.2, -0.15) is 0 Å². The van der Waals surface area contributed by atoms with Gasteiger partial charge in [-0.3, -0.25) is 4.79 Å². The third-order valence-corrected chi connectivity index (χ3v) is 12.7. The lowest BCUT2D eigenvalue weighted by atomic mass is 9.98. The molecule has 1 aliphatic heterocycles. The van der Waals surface area contributed by atoms with Crippen LogP contribution in [-0.4, -0.2) is 110 Å². The summed E-state index contributed by atoms with van der Waals surface area (Å²) in [6, 6.07) is -1.19. The first-order valence-electron chi connectivity index (χ1n) is 26.4. The molecular formula is C53H99NO10. The number of aliphatic hydroxyl groups is 7. The van der Waals surface area contributed by atoms with Crippen LogP contribution >= 0.6 is 0 Å². The van der Waals surface area contributed by atoms with Crippen LogP contribution in [0.5, 0.6) is 0 Å². The molecule has 0 saturated carbocycles. The van der Waals surface area contributed by atoms with E-state index in [2.05, 4.69) is 55.6 Å². The highest BCUT2D eigenvalue weighted by molar-refractivity contribution is 5.80. The smallest absolute Gasteiger partial charge is 0.249 e. The van der Waals surface area contributed by atoms with Crippen LogP contribution in [0.2, 0.25) is 0 Å². The van der Waals surface area contributed by atoms with E-state index in [4.69, 9.17) is 9.47 Å². The highest BCUT2D eigenvalue weighted by Gasteiger charge is 2.44. The Morgan fingerprint density at radius 3 is 1.47 bits per heavy atom. The van der Waals surface area contributed by atoms with Gasteiger partial charge in [0.25, 0.3) is 0 Å². The van der Waals surface area contributed by atoms with Gasteiger partial charge in [-0.15, -0.1) is 0 Å². The number of hydrogen-bond acceptors (Lipinski definition) is 10. The van der Waals surface area contributed by atoms with Gasteiger partial charge in [0.1, 0.15) is 36.6 Å². The molecule has 1 heterocycles. The highest BCUT2D eigenvalue weighted by atomic mass is 16.7. The van der Waals surface area contributed by atoms with Crippen molar-refractivity contribution >= 4 is 5.91 Å². The predicted octanol–water partition coefficient (Wildman–Crippen LogP) is 9.95. The largest absolute Gasteiger partial charge is 0.394 e. The van der Waals surface area contributed by atoms with E-state index in [1.165, 1.54) is 128 Å². The van der Waals surface area contributed by atoms with E-state index >= 15 is 0 Å². The van der Waals surface area contributed by atoms with E-state index in [9.17, 15) is 40.5 Å². The van der Waals surface area contributed by atoms with E-state index < -0.39 is 74.2 Å². The van der Waals surface area contributed by atoms with E-state index in [0.717, 1.165) is 57.8 Å². The average Bonchev–Trinajstić information content (AvgIpc) is 3.29. The van der Waals surface area contributed by atoms with Gasteiger partial charge in [-0.05, 0) is 64.2 Å². The molecule has 0 aromatic heterocycles. The number of aliphatic hydroxyl groups excluding tert-OH is 7. The normalized spacial score (nSPS) is 21.3. The van der Waals surface area contributed by atoms with Crippen LogP contribution in [0.4, 0.5) is 0 Å². The number of rotatable bonds is 44. The maximum Gasteiger partial charge on any atom is 0.249 e. The van der Waals surface area contributed by atoms with Crippen LogP contribution in [0.15, 0.2) is 36.5 Å². The van der Waals surface area contributed by atoms with Crippen molar-refractivity contribution in [2.45, 2.75) is 281 Å². The lowest BCUT2D eigenvalue weighted by molar-refractivity contribution is -0.303. The molecule has 0 aromatic carbocycles. The Kier molecular flexibility index (Phi) is 40.2. The Balaban J connectivity index is 2.38. The Morgan fingerprint density at radius 2 is 0.969 bits per heavy atom. The second-order valence-electron chi connectivity index (χ2n) is 18.6. The number of ether oxygens (including phenoxy) is 2. The molecule has 9 atom stereocenters. The van der Waals surface area contributed by atoms with Gasteiger partial charge in [0, 0.05) is 0 Å². The summed E-state index contributed by atoms with van der Waals surface area (Å²) in [7, 11) is 0. The van der Waals surface area contributed by atoms with Crippen molar-refractivity contribution in [3.8, 4) is 0 Å². The number of carbonyl (C=O) groups excluding carboxylic acids is 1. The summed E-state index contributed by atoms with van der Waals surface area (Å²) in [5.74, 6) is -0.718. The van der Waals surface area contributed by atoms with Crippen molar-refractivity contribution in [3.63, 3.8) is 0 Å². The molecule has 0 spiro atoms. The third kappa shape index (κ3) is 31.3. The molecule has 376 valence electrons. The second kappa shape index (κ2) is 42.7. The molecule has 0 bridgehead atoms. The SMILES string of the molecule is CCCCC/C=C\C=C/CCCCCCCC(O)C(=O)NC(COC1OC(CO)C(O)C(O)C1O)C(O)C(O)CCC/C=C/CCCCCCCCCCCCCCCCCCCC. The van der Waals surface area contributed by atoms with E-state index in [1.54, 1.807) is 0 Å². The van der Waals surface area contributed by atoms with Crippen molar-refractivity contribution in [3.05, 3.63) is 36.5 Å². The van der Waals surface area contributed by atoms with Crippen molar-refractivity contribution in [1.82, 2.24) is 5.32 Å². The quantitative estimate of drug-likeness (QED) is 0.0166. The zero-order valence-electron chi connectivity index (χ0n) is 40.8. The highest BCUT2D eigenvalue weighted by Crippen LogP contribution is 2.23. The van der Waals surface area contributed by atoms with E-state index in [0.29, 0.717) is 12.8 Å². The number of carbonyl (C=O) groups is 1. The van der Waals surface area contributed by atoms with Gasteiger partial charge in [0.2, 0.25) is 5.91 Å². The summed E-state index contributed by atoms with van der Waals surface area (Å²) in [5.41, 5.74) is 0. The first kappa shape index (κ1) is 60.3. The first-order valence-corrected chi connectivity index (χ1v) is 26.4. The van der Waals surface area contributed by atoms with Gasteiger partial charge in [-0.1, -0.05) is 198 Å². The summed E-state index contributed by atoms with van der Waals surface area (Å²) < 4.78 is 11.1. The summed E-state index contributed by atoms with van der Waals surface area (Å²) >= 11 is 0. The fraction of sp³-hybridized carbons (Fsp3) is 0.868. The fourth-order valence-corrected chi connectivity index (χ4v) is 8.31. The van der Waals surface area contributed by atoms with Crippen LogP contribution in [0.1, 0.15) is 226 Å². The molecule has 11 heteroatoms. The maximum absolute atomic E-state index is 13.1. The zero-order chi connectivity index (χ0) is 46.9. The molecule has 1 amide bonds. The third-order valence-electron chi connectivity index (χ3n) is 12.7. The van der Waals surface area contributed by atoms with Crippen molar-refractivity contribution in [2.24, 2.45) is 0 Å². The molecule has 0 aromatic rings. The molecule has 1 fully saturated rings. The Hall–Kier alpha value is -1.67. The van der Waals surface area contributed by atoms with Crippen molar-refractivity contribution in [1.29, 1.82) is 0 Å². The van der Waals surface area contributed by atoms with Crippen molar-refractivity contribution in [2.75, 3.05) is 13.2 Å². The second-order valence-corrected chi connectivity index (χ2v) is 18.6. The zero-order valence-corrected chi connectivity index (χ0v) is 40.8. The lowest BCUT2D eigenvalue weighted by Crippen LogP contribution is -2.60.